The molecule has 0 spiro atoms. The molecule has 2 N–H and O–H groups in total. The predicted molar refractivity (Wildman–Crippen MR) is 118 cm³/mol. The summed E-state index contributed by atoms with van der Waals surface area (Å²) >= 11 is 0. The predicted octanol–water partition coefficient (Wildman–Crippen LogP) is 0.702. The fourth-order valence-electron chi connectivity index (χ4n) is 1.64. The van der Waals surface area contributed by atoms with Gasteiger partial charge in [-0.25, -0.2) is 0 Å². The van der Waals surface area contributed by atoms with Gasteiger partial charge in [-0.05, 0) is 109 Å². The highest BCUT2D eigenvalue weighted by Gasteiger charge is 2.03. The molecule has 0 saturated heterocycles. The van der Waals surface area contributed by atoms with Crippen molar-refractivity contribution in [3.05, 3.63) is 0 Å². The molecular formula is C26H20N2O2. The van der Waals surface area contributed by atoms with Gasteiger partial charge in [0.15, 0.2) is 0 Å². The van der Waals surface area contributed by atoms with Crippen LogP contribution < -0.4 is 10.6 Å². The van der Waals surface area contributed by atoms with Crippen molar-refractivity contribution in [1.29, 1.82) is 0 Å². The van der Waals surface area contributed by atoms with Gasteiger partial charge in [0.2, 0.25) is 5.91 Å². The second-order valence-electron chi connectivity index (χ2n) is 5.55. The lowest BCUT2D eigenvalue weighted by Crippen LogP contribution is -2.26. The Hall–Kier alpha value is -4.58. The topological polar surface area (TPSA) is 58.2 Å². The Labute approximate surface area is 179 Å². The van der Waals surface area contributed by atoms with Crippen LogP contribution in [0.5, 0.6) is 0 Å². The SMILES string of the molecule is CC#CC#CC#CC#CC#CC#CC#CC#CC(=O)NCCC(C)CCNC(C)=O. The molecule has 0 radical (unpaired) electrons. The molecule has 0 bridgehead atoms. The van der Waals surface area contributed by atoms with Gasteiger partial charge in [0.05, 0.1) is 0 Å². The summed E-state index contributed by atoms with van der Waals surface area (Å²) in [7, 11) is 0. The zero-order valence-electron chi connectivity index (χ0n) is 17.2. The average molecular weight is 392 g/mol. The van der Waals surface area contributed by atoms with Crippen LogP contribution in [0.4, 0.5) is 0 Å². The number of rotatable bonds is 6. The second-order valence-corrected chi connectivity index (χ2v) is 5.55. The third kappa shape index (κ3) is 19.7. The first-order valence-electron chi connectivity index (χ1n) is 9.01. The van der Waals surface area contributed by atoms with Gasteiger partial charge in [0.25, 0.3) is 5.91 Å². The summed E-state index contributed by atoms with van der Waals surface area (Å²) in [5.74, 6) is 39.8. The molecule has 0 aliphatic carbocycles. The average Bonchev–Trinajstić information content (AvgIpc) is 2.70. The number of carbonyl (C=O) groups excluding carboxylic acids is 2. The Bertz CT molecular complexity index is 1120. The van der Waals surface area contributed by atoms with Crippen molar-refractivity contribution in [2.24, 2.45) is 5.92 Å². The Balaban J connectivity index is 4.18. The molecule has 2 amide bonds. The molecule has 0 saturated carbocycles. The van der Waals surface area contributed by atoms with Crippen LogP contribution in [0.2, 0.25) is 0 Å². The summed E-state index contributed by atoms with van der Waals surface area (Å²) in [6.45, 7) is 6.39. The van der Waals surface area contributed by atoms with Crippen LogP contribution >= 0.6 is 0 Å². The van der Waals surface area contributed by atoms with Crippen molar-refractivity contribution in [3.8, 4) is 94.7 Å². The molecule has 0 aliphatic heterocycles. The van der Waals surface area contributed by atoms with Gasteiger partial charge in [0, 0.05) is 25.9 Å². The van der Waals surface area contributed by atoms with E-state index in [1.54, 1.807) is 6.92 Å². The maximum atomic E-state index is 11.6. The first-order valence-corrected chi connectivity index (χ1v) is 9.01. The number of nitrogens with one attached hydrogen (secondary N) is 2. The largest absolute Gasteiger partial charge is 0.356 e. The fraction of sp³-hybridized carbons (Fsp3) is 0.308. The zero-order chi connectivity index (χ0) is 22.3. The molecule has 0 heterocycles. The van der Waals surface area contributed by atoms with Gasteiger partial charge in [0.1, 0.15) is 0 Å². The van der Waals surface area contributed by atoms with Crippen LogP contribution in [-0.2, 0) is 9.59 Å². The van der Waals surface area contributed by atoms with Gasteiger partial charge >= 0.3 is 0 Å². The molecular weight excluding hydrogens is 372 g/mol. The Morgan fingerprint density at radius 2 is 1.07 bits per heavy atom. The van der Waals surface area contributed by atoms with E-state index >= 15 is 0 Å². The highest BCUT2D eigenvalue weighted by molar-refractivity contribution is 5.94. The fourth-order valence-corrected chi connectivity index (χ4v) is 1.64. The monoisotopic (exact) mass is 392 g/mol. The highest BCUT2D eigenvalue weighted by Crippen LogP contribution is 2.04. The minimum absolute atomic E-state index is 0.0391. The number of hydrogen-bond acceptors (Lipinski definition) is 2. The van der Waals surface area contributed by atoms with Crippen molar-refractivity contribution in [2.45, 2.75) is 33.6 Å². The third-order valence-electron chi connectivity index (χ3n) is 3.05. The van der Waals surface area contributed by atoms with Crippen LogP contribution in [0.25, 0.3) is 0 Å². The highest BCUT2D eigenvalue weighted by atomic mass is 16.2. The number of amides is 2. The molecule has 4 heteroatoms. The lowest BCUT2D eigenvalue weighted by atomic mass is 10.0. The van der Waals surface area contributed by atoms with Crippen molar-refractivity contribution < 1.29 is 9.59 Å². The van der Waals surface area contributed by atoms with Gasteiger partial charge < -0.3 is 10.6 Å². The van der Waals surface area contributed by atoms with E-state index in [0.717, 1.165) is 12.8 Å². The van der Waals surface area contributed by atoms with E-state index in [2.05, 4.69) is 112 Å². The Morgan fingerprint density at radius 1 is 0.667 bits per heavy atom. The van der Waals surface area contributed by atoms with E-state index in [0.29, 0.717) is 19.0 Å². The van der Waals surface area contributed by atoms with Crippen LogP contribution in [0.1, 0.15) is 33.6 Å². The molecule has 0 rings (SSSR count). The standard InChI is InChI=1S/C26H20N2O2/c1-4-5-6-7-8-9-10-11-12-13-14-15-16-17-18-19-26(30)28-23-21-24(2)20-22-27-25(3)29/h24H,20-23H2,1-3H3,(H,27,29)(H,28,30). The van der Waals surface area contributed by atoms with Crippen LogP contribution in [0.15, 0.2) is 0 Å². The first-order chi connectivity index (χ1) is 14.6. The van der Waals surface area contributed by atoms with Gasteiger partial charge in [-0.15, -0.1) is 0 Å². The molecule has 146 valence electrons. The lowest BCUT2D eigenvalue weighted by molar-refractivity contribution is -0.119. The molecule has 0 fully saturated rings. The van der Waals surface area contributed by atoms with Crippen LogP contribution in [0, 0.1) is 101 Å². The first kappa shape index (κ1) is 25.4. The zero-order valence-corrected chi connectivity index (χ0v) is 17.2. The van der Waals surface area contributed by atoms with E-state index < -0.39 is 5.91 Å². The molecule has 1 atom stereocenters. The summed E-state index contributed by atoms with van der Waals surface area (Å²) in [4.78, 5) is 22.3. The normalized spacial score (nSPS) is 7.70. The Morgan fingerprint density at radius 3 is 1.50 bits per heavy atom. The molecule has 1 unspecified atom stereocenters. The minimum Gasteiger partial charge on any atom is -0.356 e. The second kappa shape index (κ2) is 19.2. The van der Waals surface area contributed by atoms with Gasteiger partial charge in [-0.1, -0.05) is 12.8 Å². The Kier molecular flexibility index (Phi) is 16.3. The summed E-state index contributed by atoms with van der Waals surface area (Å²) in [6, 6.07) is 0. The maximum Gasteiger partial charge on any atom is 0.296 e. The van der Waals surface area contributed by atoms with Crippen LogP contribution in [-0.4, -0.2) is 24.9 Å². The van der Waals surface area contributed by atoms with Crippen molar-refractivity contribution in [2.75, 3.05) is 13.1 Å². The van der Waals surface area contributed by atoms with E-state index in [4.69, 9.17) is 0 Å². The quantitative estimate of drug-likeness (QED) is 0.654. The van der Waals surface area contributed by atoms with Gasteiger partial charge in [-0.3, -0.25) is 9.59 Å². The number of carbonyl (C=O) groups is 2. The summed E-state index contributed by atoms with van der Waals surface area (Å²) in [5.41, 5.74) is 0. The van der Waals surface area contributed by atoms with E-state index in [1.165, 1.54) is 6.92 Å². The summed E-state index contributed by atoms with van der Waals surface area (Å²) < 4.78 is 0. The molecule has 0 aromatic carbocycles. The smallest absolute Gasteiger partial charge is 0.296 e. The molecule has 30 heavy (non-hydrogen) atoms. The van der Waals surface area contributed by atoms with E-state index in [-0.39, 0.29) is 5.91 Å². The minimum atomic E-state index is -0.395. The molecule has 0 aromatic heterocycles. The molecule has 0 aliphatic rings. The van der Waals surface area contributed by atoms with E-state index in [9.17, 15) is 9.59 Å². The van der Waals surface area contributed by atoms with Crippen molar-refractivity contribution in [3.63, 3.8) is 0 Å². The maximum absolute atomic E-state index is 11.6. The lowest BCUT2D eigenvalue weighted by Gasteiger charge is -2.11. The van der Waals surface area contributed by atoms with Crippen molar-refractivity contribution in [1.82, 2.24) is 10.6 Å². The van der Waals surface area contributed by atoms with E-state index in [1.807, 2.05) is 0 Å². The van der Waals surface area contributed by atoms with Crippen molar-refractivity contribution >= 4 is 11.8 Å². The van der Waals surface area contributed by atoms with Crippen LogP contribution in [0.3, 0.4) is 0 Å². The summed E-state index contributed by atoms with van der Waals surface area (Å²) in [6.07, 6.45) is 1.66. The molecule has 0 aromatic rings. The third-order valence-corrected chi connectivity index (χ3v) is 3.05. The number of hydrogen-bond donors (Lipinski definition) is 2. The summed E-state index contributed by atoms with van der Waals surface area (Å²) in [5, 5.41) is 5.44. The molecule has 4 nitrogen and oxygen atoms in total. The van der Waals surface area contributed by atoms with Gasteiger partial charge in [-0.2, -0.15) is 0 Å².